The molecule has 0 spiro atoms. The molecule has 3 nitrogen and oxygen atoms in total. The Bertz CT molecular complexity index is 495. The quantitative estimate of drug-likeness (QED) is 0.866. The second-order valence-corrected chi connectivity index (χ2v) is 5.98. The van der Waals surface area contributed by atoms with Crippen molar-refractivity contribution in [2.45, 2.75) is 38.5 Å². The van der Waals surface area contributed by atoms with Crippen LogP contribution >= 0.6 is 12.2 Å². The van der Waals surface area contributed by atoms with Crippen LogP contribution < -0.4 is 10.6 Å². The minimum atomic E-state index is 0.153. The lowest BCUT2D eigenvalue weighted by atomic mass is 9.86. The number of nitrogens with zero attached hydrogens (tertiary/aromatic N) is 1. The summed E-state index contributed by atoms with van der Waals surface area (Å²) < 4.78 is 0. The Kier molecular flexibility index (Phi) is 5.12. The van der Waals surface area contributed by atoms with Crippen molar-refractivity contribution in [3.63, 3.8) is 0 Å². The monoisotopic (exact) mass is 290 g/mol. The minimum absolute atomic E-state index is 0.153. The average Bonchev–Trinajstić information content (AvgIpc) is 2.47. The van der Waals surface area contributed by atoms with Crippen molar-refractivity contribution in [1.82, 2.24) is 0 Å². The van der Waals surface area contributed by atoms with Crippen molar-refractivity contribution in [3.8, 4) is 0 Å². The Morgan fingerprint density at radius 2 is 1.95 bits per heavy atom. The Morgan fingerprint density at radius 3 is 2.60 bits per heavy atom. The van der Waals surface area contributed by atoms with Gasteiger partial charge in [-0.1, -0.05) is 43.6 Å². The summed E-state index contributed by atoms with van der Waals surface area (Å²) in [5.74, 6) is 0.691. The highest BCUT2D eigenvalue weighted by molar-refractivity contribution is 7.80. The molecule has 1 fully saturated rings. The van der Waals surface area contributed by atoms with Gasteiger partial charge in [-0.15, -0.1) is 0 Å². The number of amides is 1. The van der Waals surface area contributed by atoms with Crippen LogP contribution in [0.15, 0.2) is 24.3 Å². The summed E-state index contributed by atoms with van der Waals surface area (Å²) in [5.41, 5.74) is 7.30. The normalized spacial score (nSPS) is 15.8. The number of thiocarbonyl (C=S) groups is 1. The molecule has 2 N–H and O–H groups in total. The second kappa shape index (κ2) is 6.84. The van der Waals surface area contributed by atoms with E-state index in [9.17, 15) is 4.79 Å². The van der Waals surface area contributed by atoms with Crippen LogP contribution in [0, 0.1) is 5.92 Å². The summed E-state index contributed by atoms with van der Waals surface area (Å²) in [5, 5.41) is 0. The molecule has 1 aromatic rings. The van der Waals surface area contributed by atoms with Crippen molar-refractivity contribution in [2.24, 2.45) is 11.7 Å². The smallest absolute Gasteiger partial charge is 0.227 e. The average molecular weight is 290 g/mol. The van der Waals surface area contributed by atoms with Gasteiger partial charge in [-0.3, -0.25) is 4.79 Å². The highest BCUT2D eigenvalue weighted by Gasteiger charge is 2.21. The van der Waals surface area contributed by atoms with Crippen molar-refractivity contribution in [2.75, 3.05) is 11.9 Å². The van der Waals surface area contributed by atoms with E-state index in [1.54, 1.807) is 4.90 Å². The largest absolute Gasteiger partial charge is 0.389 e. The molecule has 2 rings (SSSR count). The molecule has 0 aromatic heterocycles. The highest BCUT2D eigenvalue weighted by atomic mass is 32.1. The van der Waals surface area contributed by atoms with Gasteiger partial charge in [0.25, 0.3) is 0 Å². The van der Waals surface area contributed by atoms with E-state index in [-0.39, 0.29) is 5.91 Å². The number of para-hydroxylation sites is 1. The molecule has 1 saturated carbocycles. The van der Waals surface area contributed by atoms with Gasteiger partial charge in [-0.05, 0) is 30.9 Å². The van der Waals surface area contributed by atoms with E-state index in [0.717, 1.165) is 11.3 Å². The third-order valence-electron chi connectivity index (χ3n) is 4.09. The number of hydrogen-bond acceptors (Lipinski definition) is 2. The summed E-state index contributed by atoms with van der Waals surface area (Å²) in [6.07, 6.45) is 6.80. The van der Waals surface area contributed by atoms with Crippen LogP contribution in [0.1, 0.15) is 44.1 Å². The van der Waals surface area contributed by atoms with Crippen molar-refractivity contribution in [1.29, 1.82) is 0 Å². The fraction of sp³-hybridized carbons (Fsp3) is 0.500. The maximum Gasteiger partial charge on any atom is 0.227 e. The summed E-state index contributed by atoms with van der Waals surface area (Å²) in [6.45, 7) is 0. The van der Waals surface area contributed by atoms with Crippen LogP contribution in [0.25, 0.3) is 0 Å². The summed E-state index contributed by atoms with van der Waals surface area (Å²) in [4.78, 5) is 14.5. The van der Waals surface area contributed by atoms with Gasteiger partial charge in [0, 0.05) is 19.0 Å². The van der Waals surface area contributed by atoms with Crippen LogP contribution in [0.5, 0.6) is 0 Å². The van der Waals surface area contributed by atoms with E-state index in [0.29, 0.717) is 17.3 Å². The molecule has 0 unspecified atom stereocenters. The van der Waals surface area contributed by atoms with Crippen LogP contribution in [0.2, 0.25) is 0 Å². The molecule has 0 saturated heterocycles. The topological polar surface area (TPSA) is 46.3 Å². The summed E-state index contributed by atoms with van der Waals surface area (Å²) in [6, 6.07) is 7.55. The van der Waals surface area contributed by atoms with Crippen LogP contribution in [0.3, 0.4) is 0 Å². The van der Waals surface area contributed by atoms with Gasteiger partial charge in [-0.2, -0.15) is 0 Å². The lowest BCUT2D eigenvalue weighted by Crippen LogP contribution is -2.30. The number of benzene rings is 1. The van der Waals surface area contributed by atoms with E-state index in [2.05, 4.69) is 0 Å². The van der Waals surface area contributed by atoms with Crippen molar-refractivity contribution in [3.05, 3.63) is 29.8 Å². The molecular formula is C16H22N2OS. The first-order valence-corrected chi connectivity index (χ1v) is 7.66. The predicted octanol–water partition coefficient (Wildman–Crippen LogP) is 3.25. The summed E-state index contributed by atoms with van der Waals surface area (Å²) in [7, 11) is 1.81. The Morgan fingerprint density at radius 1 is 1.30 bits per heavy atom. The molecule has 20 heavy (non-hydrogen) atoms. The number of anilines is 1. The molecular weight excluding hydrogens is 268 g/mol. The molecule has 1 aliphatic rings. The first kappa shape index (κ1) is 15.0. The van der Waals surface area contributed by atoms with E-state index in [1.165, 1.54) is 32.1 Å². The fourth-order valence-corrected chi connectivity index (χ4v) is 3.06. The fourth-order valence-electron chi connectivity index (χ4n) is 2.88. The zero-order valence-electron chi connectivity index (χ0n) is 12.0. The zero-order chi connectivity index (χ0) is 14.5. The molecule has 1 aliphatic carbocycles. The van der Waals surface area contributed by atoms with Gasteiger partial charge in [0.2, 0.25) is 5.91 Å². The molecule has 1 aromatic carbocycles. The molecule has 0 heterocycles. The van der Waals surface area contributed by atoms with Gasteiger partial charge in [-0.25, -0.2) is 0 Å². The standard InChI is InChI=1S/C16H22N2OS/c1-18(14-10-6-5-9-13(14)16(17)20)15(19)11-12-7-3-2-4-8-12/h5-6,9-10,12H,2-4,7-8,11H2,1H3,(H2,17,20). The Hall–Kier alpha value is -1.42. The van der Waals surface area contributed by atoms with Gasteiger partial charge in [0.15, 0.2) is 0 Å². The maximum atomic E-state index is 12.4. The van der Waals surface area contributed by atoms with Crippen LogP contribution in [-0.2, 0) is 4.79 Å². The minimum Gasteiger partial charge on any atom is -0.389 e. The highest BCUT2D eigenvalue weighted by Crippen LogP contribution is 2.28. The third-order valence-corrected chi connectivity index (χ3v) is 4.31. The molecule has 0 bridgehead atoms. The van der Waals surface area contributed by atoms with Crippen LogP contribution in [0.4, 0.5) is 5.69 Å². The number of carbonyl (C=O) groups excluding carboxylic acids is 1. The molecule has 108 valence electrons. The van der Waals surface area contributed by atoms with Gasteiger partial charge in [0.1, 0.15) is 4.99 Å². The number of carbonyl (C=O) groups is 1. The maximum absolute atomic E-state index is 12.4. The zero-order valence-corrected chi connectivity index (χ0v) is 12.8. The molecule has 4 heteroatoms. The van der Waals surface area contributed by atoms with E-state index >= 15 is 0 Å². The first-order valence-electron chi connectivity index (χ1n) is 7.25. The number of nitrogens with two attached hydrogens (primary N) is 1. The summed E-state index contributed by atoms with van der Waals surface area (Å²) >= 11 is 5.06. The SMILES string of the molecule is CN(C(=O)CC1CCCCC1)c1ccccc1C(N)=S. The lowest BCUT2D eigenvalue weighted by Gasteiger charge is -2.25. The third kappa shape index (κ3) is 3.57. The lowest BCUT2D eigenvalue weighted by molar-refractivity contribution is -0.119. The Balaban J connectivity index is 2.08. The van der Waals surface area contributed by atoms with E-state index in [1.807, 2.05) is 31.3 Å². The molecule has 0 radical (unpaired) electrons. The molecule has 1 amide bonds. The van der Waals surface area contributed by atoms with Crippen LogP contribution in [-0.4, -0.2) is 17.9 Å². The second-order valence-electron chi connectivity index (χ2n) is 5.54. The van der Waals surface area contributed by atoms with Gasteiger partial charge >= 0.3 is 0 Å². The predicted molar refractivity (Wildman–Crippen MR) is 86.9 cm³/mol. The molecule has 0 atom stereocenters. The van der Waals surface area contributed by atoms with E-state index in [4.69, 9.17) is 18.0 Å². The Labute approximate surface area is 126 Å². The van der Waals surface area contributed by atoms with Gasteiger partial charge < -0.3 is 10.6 Å². The molecule has 0 aliphatic heterocycles. The van der Waals surface area contributed by atoms with Gasteiger partial charge in [0.05, 0.1) is 5.69 Å². The van der Waals surface area contributed by atoms with Crippen molar-refractivity contribution < 1.29 is 4.79 Å². The first-order chi connectivity index (χ1) is 9.59. The number of hydrogen-bond donors (Lipinski definition) is 1. The van der Waals surface area contributed by atoms with E-state index < -0.39 is 0 Å². The number of rotatable bonds is 4. The van der Waals surface area contributed by atoms with Crippen molar-refractivity contribution >= 4 is 28.8 Å².